The highest BCUT2D eigenvalue weighted by molar-refractivity contribution is 7.10. The molecular formula is C24H26N4O4S. The first-order chi connectivity index (χ1) is 16.1. The SMILES string of the molecule is CCOc1cc(C(=O)Nc2nc(-c3ccccc3)ns2)ccc1OCC(=O)N1CCCCC1. The number of ether oxygens (including phenoxy) is 2. The van der Waals surface area contributed by atoms with E-state index in [0.717, 1.165) is 49.4 Å². The quantitative estimate of drug-likeness (QED) is 0.534. The molecule has 1 N–H and O–H groups in total. The van der Waals surface area contributed by atoms with Crippen molar-refractivity contribution >= 4 is 28.5 Å². The van der Waals surface area contributed by atoms with Crippen LogP contribution >= 0.6 is 11.5 Å². The minimum absolute atomic E-state index is 0.0375. The number of nitrogens with one attached hydrogen (secondary N) is 1. The molecule has 0 saturated carbocycles. The number of nitrogens with zero attached hydrogens (tertiary/aromatic N) is 3. The fraction of sp³-hybridized carbons (Fsp3) is 0.333. The number of aromatic nitrogens is 2. The second-order valence-corrected chi connectivity index (χ2v) is 8.32. The average Bonchev–Trinajstić information content (AvgIpc) is 3.32. The van der Waals surface area contributed by atoms with E-state index in [-0.39, 0.29) is 18.4 Å². The van der Waals surface area contributed by atoms with Crippen molar-refractivity contribution in [2.24, 2.45) is 0 Å². The molecule has 1 aliphatic rings. The van der Waals surface area contributed by atoms with E-state index in [1.807, 2.05) is 42.2 Å². The third-order valence-corrected chi connectivity index (χ3v) is 5.87. The standard InChI is InChI=1S/C24H26N4O4S/c1-2-31-20-15-18(11-12-19(20)32-16-21(29)28-13-7-4-8-14-28)23(30)26-24-25-22(27-33-24)17-9-5-3-6-10-17/h3,5-6,9-12,15H,2,4,7-8,13-14,16H2,1H3,(H,25,26,27,30). The van der Waals surface area contributed by atoms with Crippen LogP contribution in [0.4, 0.5) is 5.13 Å². The third kappa shape index (κ3) is 5.87. The Labute approximate surface area is 196 Å². The van der Waals surface area contributed by atoms with E-state index in [9.17, 15) is 9.59 Å². The van der Waals surface area contributed by atoms with Gasteiger partial charge in [-0.25, -0.2) is 0 Å². The fourth-order valence-corrected chi connectivity index (χ4v) is 4.14. The van der Waals surface area contributed by atoms with E-state index in [2.05, 4.69) is 14.7 Å². The number of rotatable bonds is 8. The van der Waals surface area contributed by atoms with Crippen molar-refractivity contribution in [3.05, 3.63) is 54.1 Å². The van der Waals surface area contributed by atoms with Crippen LogP contribution in [0.15, 0.2) is 48.5 Å². The van der Waals surface area contributed by atoms with Crippen molar-refractivity contribution in [2.45, 2.75) is 26.2 Å². The van der Waals surface area contributed by atoms with Crippen molar-refractivity contribution in [3.63, 3.8) is 0 Å². The van der Waals surface area contributed by atoms with E-state index in [0.29, 0.717) is 34.6 Å². The van der Waals surface area contributed by atoms with Crippen LogP contribution in [0.25, 0.3) is 11.4 Å². The molecule has 2 heterocycles. The molecule has 3 aromatic rings. The van der Waals surface area contributed by atoms with Gasteiger partial charge in [-0.05, 0) is 44.4 Å². The second-order valence-electron chi connectivity index (χ2n) is 7.57. The van der Waals surface area contributed by atoms with E-state index in [4.69, 9.17) is 9.47 Å². The maximum absolute atomic E-state index is 12.8. The van der Waals surface area contributed by atoms with Crippen LogP contribution in [0.3, 0.4) is 0 Å². The van der Waals surface area contributed by atoms with E-state index in [1.54, 1.807) is 18.2 Å². The Bertz CT molecular complexity index is 1100. The predicted octanol–water partition coefficient (Wildman–Crippen LogP) is 4.25. The number of amides is 2. The molecule has 0 unspecified atom stereocenters. The summed E-state index contributed by atoms with van der Waals surface area (Å²) in [6.07, 6.45) is 3.22. The van der Waals surface area contributed by atoms with E-state index >= 15 is 0 Å². The Morgan fingerprint density at radius 2 is 1.82 bits per heavy atom. The van der Waals surface area contributed by atoms with Gasteiger partial charge in [-0.3, -0.25) is 14.9 Å². The molecule has 1 aromatic heterocycles. The first-order valence-electron chi connectivity index (χ1n) is 11.0. The Morgan fingerprint density at radius 1 is 1.03 bits per heavy atom. The molecule has 0 radical (unpaired) electrons. The molecule has 9 heteroatoms. The fourth-order valence-electron chi connectivity index (χ4n) is 3.56. The van der Waals surface area contributed by atoms with Crippen LogP contribution in [0, 0.1) is 0 Å². The van der Waals surface area contributed by atoms with Gasteiger partial charge in [-0.1, -0.05) is 30.3 Å². The maximum atomic E-state index is 12.8. The minimum Gasteiger partial charge on any atom is -0.490 e. The molecule has 0 spiro atoms. The first kappa shape index (κ1) is 22.7. The number of benzene rings is 2. The normalized spacial score (nSPS) is 13.4. The lowest BCUT2D eigenvalue weighted by atomic mass is 10.1. The zero-order valence-corrected chi connectivity index (χ0v) is 19.3. The highest BCUT2D eigenvalue weighted by Crippen LogP contribution is 2.29. The number of carbonyl (C=O) groups excluding carboxylic acids is 2. The van der Waals surface area contributed by atoms with Gasteiger partial charge in [0.15, 0.2) is 23.9 Å². The number of carbonyl (C=O) groups is 2. The summed E-state index contributed by atoms with van der Waals surface area (Å²) in [5.74, 6) is 1.04. The van der Waals surface area contributed by atoms with Gasteiger partial charge in [0.1, 0.15) is 0 Å². The largest absolute Gasteiger partial charge is 0.490 e. The zero-order chi connectivity index (χ0) is 23.0. The third-order valence-electron chi connectivity index (χ3n) is 5.24. The number of hydrogen-bond donors (Lipinski definition) is 1. The molecule has 172 valence electrons. The van der Waals surface area contributed by atoms with Gasteiger partial charge in [-0.15, -0.1) is 0 Å². The van der Waals surface area contributed by atoms with Gasteiger partial charge in [0.2, 0.25) is 5.13 Å². The Hall–Kier alpha value is -3.46. The zero-order valence-electron chi connectivity index (χ0n) is 18.5. The van der Waals surface area contributed by atoms with Crippen LogP contribution in [-0.4, -0.2) is 52.4 Å². The lowest BCUT2D eigenvalue weighted by Gasteiger charge is -2.26. The van der Waals surface area contributed by atoms with Gasteiger partial charge in [-0.2, -0.15) is 9.36 Å². The molecule has 4 rings (SSSR count). The molecule has 0 bridgehead atoms. The Kier molecular flexibility index (Phi) is 7.51. The lowest BCUT2D eigenvalue weighted by molar-refractivity contribution is -0.134. The summed E-state index contributed by atoms with van der Waals surface area (Å²) in [5.41, 5.74) is 1.28. The monoisotopic (exact) mass is 466 g/mol. The maximum Gasteiger partial charge on any atom is 0.260 e. The molecule has 0 atom stereocenters. The topological polar surface area (TPSA) is 93.6 Å². The molecule has 33 heavy (non-hydrogen) atoms. The summed E-state index contributed by atoms with van der Waals surface area (Å²) in [7, 11) is 0. The summed E-state index contributed by atoms with van der Waals surface area (Å²) in [6.45, 7) is 3.74. The summed E-state index contributed by atoms with van der Waals surface area (Å²) in [5, 5.41) is 3.19. The molecule has 8 nitrogen and oxygen atoms in total. The van der Waals surface area contributed by atoms with Crippen LogP contribution in [-0.2, 0) is 4.79 Å². The summed E-state index contributed by atoms with van der Waals surface area (Å²) >= 11 is 1.12. The summed E-state index contributed by atoms with van der Waals surface area (Å²) in [6, 6.07) is 14.5. The van der Waals surface area contributed by atoms with E-state index in [1.165, 1.54) is 0 Å². The molecule has 1 fully saturated rings. The van der Waals surface area contributed by atoms with Crippen LogP contribution in [0.2, 0.25) is 0 Å². The average molecular weight is 467 g/mol. The van der Waals surface area contributed by atoms with Crippen LogP contribution in [0.1, 0.15) is 36.5 Å². The Balaban J connectivity index is 1.41. The van der Waals surface area contributed by atoms with Gasteiger partial charge in [0, 0.05) is 35.7 Å². The smallest absolute Gasteiger partial charge is 0.260 e. The Morgan fingerprint density at radius 3 is 2.58 bits per heavy atom. The molecule has 2 aromatic carbocycles. The van der Waals surface area contributed by atoms with Crippen LogP contribution < -0.4 is 14.8 Å². The van der Waals surface area contributed by atoms with Gasteiger partial charge >= 0.3 is 0 Å². The molecule has 1 aliphatic heterocycles. The minimum atomic E-state index is -0.331. The summed E-state index contributed by atoms with van der Waals surface area (Å²) < 4.78 is 15.7. The van der Waals surface area contributed by atoms with E-state index < -0.39 is 0 Å². The molecule has 1 saturated heterocycles. The second kappa shape index (κ2) is 10.9. The van der Waals surface area contributed by atoms with Crippen molar-refractivity contribution in [1.29, 1.82) is 0 Å². The number of anilines is 1. The van der Waals surface area contributed by atoms with Crippen LogP contribution in [0.5, 0.6) is 11.5 Å². The van der Waals surface area contributed by atoms with Gasteiger partial charge in [0.05, 0.1) is 6.61 Å². The van der Waals surface area contributed by atoms with Crippen molar-refractivity contribution in [1.82, 2.24) is 14.3 Å². The number of piperidine rings is 1. The van der Waals surface area contributed by atoms with Crippen molar-refractivity contribution in [2.75, 3.05) is 31.6 Å². The van der Waals surface area contributed by atoms with Crippen molar-refractivity contribution in [3.8, 4) is 22.9 Å². The predicted molar refractivity (Wildman–Crippen MR) is 127 cm³/mol. The number of hydrogen-bond acceptors (Lipinski definition) is 7. The van der Waals surface area contributed by atoms with Gasteiger partial charge in [0.25, 0.3) is 11.8 Å². The molecular weight excluding hydrogens is 440 g/mol. The highest BCUT2D eigenvalue weighted by atomic mass is 32.1. The summed E-state index contributed by atoms with van der Waals surface area (Å²) in [4.78, 5) is 31.4. The molecule has 2 amide bonds. The highest BCUT2D eigenvalue weighted by Gasteiger charge is 2.19. The number of likely N-dealkylation sites (tertiary alicyclic amines) is 1. The van der Waals surface area contributed by atoms with Crippen molar-refractivity contribution < 1.29 is 19.1 Å². The lowest BCUT2D eigenvalue weighted by Crippen LogP contribution is -2.38. The molecule has 0 aliphatic carbocycles. The first-order valence-corrected chi connectivity index (χ1v) is 11.8. The van der Waals surface area contributed by atoms with Gasteiger partial charge < -0.3 is 14.4 Å².